The minimum absolute atomic E-state index is 0.0172. The van der Waals surface area contributed by atoms with Crippen LogP contribution in [0.1, 0.15) is 243 Å². The smallest absolute Gasteiger partial charge is 0.320 e. The van der Waals surface area contributed by atoms with Crippen molar-refractivity contribution in [3.63, 3.8) is 0 Å². The standard InChI is InChI=1S/C86H141N17O23/c1-17-72-57(7)80(121-65(15)110)77(88-60(10)105)85(123-72)116-41-31-21-26-36-101-48-68(91-95-101)44-98(43-67-47-100(94-90-67)35-25-20-30-40-115-84-76(87-59(9)104)54(4)53(3)74(125-84)51-118-62(12)107)34-28-23-33-71(82(112)113)99(45-69-49-102(96-92-69)37-24-19-29-39-114-83-56(6)55(5)79(120-64(14)109)75(126-83)52-119-63(13)108)46-70-50-103(97-93-70)38-27-22-32-42-117-86-78(89-61(11)106)81(122-66(16)111)58(8)73(18-2)124-86/h47-50,53-58,71-81,83-86H,17-46,51-52H2,1-16H3,(H,87,104)(H,88,105)(H,89,106)(H,112,113)/t53-,54+,55-,56-,57+,58+,71+,72-,73-,74-,75-,76-,77-,78-,79-,80+,81+,83-,84-,85-,86-/m1/s1. The lowest BCUT2D eigenvalue weighted by Gasteiger charge is -2.44. The van der Waals surface area contributed by atoms with Gasteiger partial charge in [0.2, 0.25) is 17.7 Å². The largest absolute Gasteiger partial charge is 0.480 e. The summed E-state index contributed by atoms with van der Waals surface area (Å²) in [6, 6.07) is -2.76. The second-order valence-electron chi connectivity index (χ2n) is 34.2. The number of aromatic nitrogens is 12. The number of aryl methyl sites for hydroxylation is 4. The first-order chi connectivity index (χ1) is 60.3. The molecule has 0 aliphatic carbocycles. The summed E-state index contributed by atoms with van der Waals surface area (Å²) < 4.78 is 85.0. The van der Waals surface area contributed by atoms with E-state index in [4.69, 9.17) is 61.6 Å². The number of rotatable bonds is 55. The maximum Gasteiger partial charge on any atom is 0.320 e. The van der Waals surface area contributed by atoms with E-state index in [1.807, 2.05) is 94.4 Å². The molecular weight excluding hydrogens is 1640 g/mol. The lowest BCUT2D eigenvalue weighted by molar-refractivity contribution is -0.273. The average molecular weight is 1780 g/mol. The van der Waals surface area contributed by atoms with Gasteiger partial charge in [-0.15, -0.1) is 20.4 Å². The SMILES string of the molecule is CC[C@H]1O[C@@H](OCCCCCn2cc(CN(CCCC[C@@H](C(=O)O)N(Cc3cn(CCCCCO[C@@H]4O[C@H](COC(C)=O)[C@H](OC(C)=O)[C@H](C)[C@H]4C)nn3)Cc3cn(CCCCCO[C@@H]4O[C@H](CC)[C@H](C)[C@H](OC(C)=O)[C@H]4NC(C)=O)nn3)Cc3cn(CCCCCO[C@@H]4O[C@H](COC(C)=O)[C@H](C)[C@H](C)[C@H]4NC(C)=O)nn3)nn2)[C@H](NC(C)=O)[C@@H](OC(C)=O)[C@H]1C. The minimum atomic E-state index is -1.02. The van der Waals surface area contributed by atoms with Gasteiger partial charge in [0.15, 0.2) is 25.2 Å². The zero-order valence-corrected chi connectivity index (χ0v) is 76.8. The Morgan fingerprint density at radius 2 is 0.738 bits per heavy atom. The van der Waals surface area contributed by atoms with Crippen molar-refractivity contribution in [1.82, 2.24) is 85.7 Å². The molecule has 40 heteroatoms. The Bertz CT molecular complexity index is 3990. The Morgan fingerprint density at radius 1 is 0.389 bits per heavy atom. The number of nitrogens with one attached hydrogen (secondary N) is 3. The van der Waals surface area contributed by atoms with Crippen molar-refractivity contribution < 1.29 is 110 Å². The van der Waals surface area contributed by atoms with Crippen LogP contribution < -0.4 is 16.0 Å². The number of aliphatic carboxylic acids is 1. The molecule has 3 amide bonds. The molecule has 4 aliphatic heterocycles. The molecule has 4 aromatic heterocycles. The number of nitrogens with zero attached hydrogens (tertiary/aromatic N) is 14. The molecule has 0 spiro atoms. The summed E-state index contributed by atoms with van der Waals surface area (Å²) in [5, 5.41) is 56.4. The second-order valence-corrected chi connectivity index (χ2v) is 34.2. The number of hydrogen-bond acceptors (Lipinski definition) is 32. The zero-order chi connectivity index (χ0) is 91.5. The number of unbranched alkanes of at least 4 members (excludes halogenated alkanes) is 9. The van der Waals surface area contributed by atoms with E-state index in [1.165, 1.54) is 55.4 Å². The number of carboxylic acid groups (broad SMARTS) is 1. The molecule has 4 saturated heterocycles. The summed E-state index contributed by atoms with van der Waals surface area (Å²) in [4.78, 5) is 115. The fourth-order valence-corrected chi connectivity index (χ4v) is 16.9. The van der Waals surface area contributed by atoms with Crippen LogP contribution in [-0.2, 0) is 157 Å². The van der Waals surface area contributed by atoms with Crippen molar-refractivity contribution in [2.45, 2.75) is 364 Å². The third-order valence-corrected chi connectivity index (χ3v) is 23.9. The molecule has 0 unspecified atom stereocenters. The highest BCUT2D eigenvalue weighted by Gasteiger charge is 2.50. The van der Waals surface area contributed by atoms with Gasteiger partial charge in [-0.2, -0.15) is 0 Å². The van der Waals surface area contributed by atoms with Crippen LogP contribution in [0.15, 0.2) is 24.8 Å². The van der Waals surface area contributed by atoms with Gasteiger partial charge in [0.25, 0.3) is 0 Å². The van der Waals surface area contributed by atoms with Gasteiger partial charge in [-0.1, -0.05) is 82.7 Å². The van der Waals surface area contributed by atoms with E-state index < -0.39 is 110 Å². The van der Waals surface area contributed by atoms with Crippen molar-refractivity contribution in [1.29, 1.82) is 0 Å². The fraction of sp³-hybridized carbons (Fsp3) is 0.802. The van der Waals surface area contributed by atoms with E-state index in [2.05, 4.69) is 62.1 Å². The van der Waals surface area contributed by atoms with Crippen molar-refractivity contribution in [2.75, 3.05) is 46.2 Å². The molecule has 0 aromatic carbocycles. The summed E-state index contributed by atoms with van der Waals surface area (Å²) in [6.45, 7) is 32.0. The summed E-state index contributed by atoms with van der Waals surface area (Å²) in [5.41, 5.74) is 2.56. The monoisotopic (exact) mass is 1780 g/mol. The highest BCUT2D eigenvalue weighted by Crippen LogP contribution is 2.37. The Kier molecular flexibility index (Phi) is 43.0. The third-order valence-electron chi connectivity index (χ3n) is 23.9. The Morgan fingerprint density at radius 3 is 1.11 bits per heavy atom. The average Bonchev–Trinajstić information content (AvgIpc) is 1.28. The van der Waals surface area contributed by atoms with Crippen LogP contribution in [0, 0.1) is 35.5 Å². The number of hydrogen-bond donors (Lipinski definition) is 4. The number of carbonyl (C=O) groups excluding carboxylic acids is 8. The summed E-state index contributed by atoms with van der Waals surface area (Å²) in [7, 11) is 0. The van der Waals surface area contributed by atoms with Crippen LogP contribution in [0.2, 0.25) is 0 Å². The Hall–Kier alpha value is -8.61. The predicted octanol–water partition coefficient (Wildman–Crippen LogP) is 7.10. The lowest BCUT2D eigenvalue weighted by atomic mass is 9.82. The van der Waals surface area contributed by atoms with Gasteiger partial charge < -0.3 is 82.6 Å². The van der Waals surface area contributed by atoms with Crippen LogP contribution in [0.25, 0.3) is 0 Å². The van der Waals surface area contributed by atoms with E-state index in [-0.39, 0.29) is 104 Å². The van der Waals surface area contributed by atoms with Crippen molar-refractivity contribution >= 4 is 53.5 Å². The van der Waals surface area contributed by atoms with Crippen molar-refractivity contribution in [3.05, 3.63) is 47.6 Å². The van der Waals surface area contributed by atoms with Crippen LogP contribution in [-0.4, -0.2) is 267 Å². The first-order valence-electron chi connectivity index (χ1n) is 45.2. The van der Waals surface area contributed by atoms with E-state index in [0.29, 0.717) is 141 Å². The van der Waals surface area contributed by atoms with Crippen LogP contribution >= 0.6 is 0 Å². The molecule has 0 bridgehead atoms. The highest BCUT2D eigenvalue weighted by molar-refractivity contribution is 5.75. The Labute approximate surface area is 739 Å². The molecule has 4 fully saturated rings. The fourth-order valence-electron chi connectivity index (χ4n) is 16.9. The number of amides is 3. The molecule has 4 N–H and O–H groups in total. The predicted molar refractivity (Wildman–Crippen MR) is 451 cm³/mol. The second kappa shape index (κ2) is 52.8. The number of carbonyl (C=O) groups is 9. The number of ether oxygens (including phenoxy) is 13. The molecule has 708 valence electrons. The molecule has 0 saturated carbocycles. The summed E-state index contributed by atoms with van der Waals surface area (Å²) >= 11 is 0. The zero-order valence-electron chi connectivity index (χ0n) is 76.8. The molecular formula is C86H141N17O23. The maximum absolute atomic E-state index is 13.8. The molecule has 0 radical (unpaired) electrons. The van der Waals surface area contributed by atoms with Gasteiger partial charge >= 0.3 is 35.8 Å². The van der Waals surface area contributed by atoms with Gasteiger partial charge in [-0.3, -0.25) is 71.7 Å². The lowest BCUT2D eigenvalue weighted by Crippen LogP contribution is -2.62. The van der Waals surface area contributed by atoms with Gasteiger partial charge in [0, 0.05) is 183 Å². The highest BCUT2D eigenvalue weighted by atomic mass is 16.7. The summed E-state index contributed by atoms with van der Waals surface area (Å²) in [6.07, 6.45) is 12.5. The van der Waals surface area contributed by atoms with Crippen LogP contribution in [0.4, 0.5) is 0 Å². The quantitative estimate of drug-likeness (QED) is 0.0194. The van der Waals surface area contributed by atoms with Crippen molar-refractivity contribution in [2.24, 2.45) is 35.5 Å². The van der Waals surface area contributed by atoms with Gasteiger partial charge in [-0.05, 0) is 121 Å². The molecule has 4 aromatic rings. The third kappa shape index (κ3) is 33.5. The van der Waals surface area contributed by atoms with E-state index in [9.17, 15) is 48.3 Å². The van der Waals surface area contributed by atoms with Gasteiger partial charge in [0.05, 0.1) is 47.1 Å². The molecule has 4 aliphatic rings. The molecule has 126 heavy (non-hydrogen) atoms. The minimum Gasteiger partial charge on any atom is -0.480 e. The van der Waals surface area contributed by atoms with E-state index in [1.54, 1.807) is 9.36 Å². The first-order valence-corrected chi connectivity index (χ1v) is 45.2. The van der Waals surface area contributed by atoms with Gasteiger partial charge in [-0.25, -0.2) is 0 Å². The topological polar surface area (TPSA) is 459 Å². The van der Waals surface area contributed by atoms with Gasteiger partial charge in [0.1, 0.15) is 55.8 Å². The van der Waals surface area contributed by atoms with Crippen LogP contribution in [0.3, 0.4) is 0 Å². The molecule has 40 nitrogen and oxygen atoms in total. The number of esters is 5. The van der Waals surface area contributed by atoms with Crippen LogP contribution in [0.5, 0.6) is 0 Å². The van der Waals surface area contributed by atoms with E-state index >= 15 is 0 Å². The molecule has 8 rings (SSSR count). The summed E-state index contributed by atoms with van der Waals surface area (Å²) in [5.74, 6) is -4.72. The maximum atomic E-state index is 13.8. The van der Waals surface area contributed by atoms with E-state index in [0.717, 1.165) is 56.3 Å². The van der Waals surface area contributed by atoms with Crippen molar-refractivity contribution in [3.8, 4) is 0 Å². The molecule has 8 heterocycles. The molecule has 21 atom stereocenters. The normalized spacial score (nSPS) is 26.4. The first kappa shape index (κ1) is 103. The number of carboxylic acids is 1. The Balaban J connectivity index is 0.915.